The fourth-order valence-electron chi connectivity index (χ4n) is 2.49. The van der Waals surface area contributed by atoms with Crippen LogP contribution in [0.5, 0.6) is 11.5 Å². The second-order valence-electron chi connectivity index (χ2n) is 6.20. The van der Waals surface area contributed by atoms with Crippen LogP contribution < -0.4 is 10.1 Å². The third kappa shape index (κ3) is 4.78. The Balaban J connectivity index is 1.78. The van der Waals surface area contributed by atoms with Crippen LogP contribution in [0.15, 0.2) is 77.7 Å². The Morgan fingerprint density at radius 2 is 1.55 bits per heavy atom. The number of benzene rings is 3. The first-order valence-electron chi connectivity index (χ1n) is 8.54. The SMILES string of the molecule is Cc1ccc(Oc2ccccc2NC(=O)c2ccc(S(=O)(=O)C(F)F)cc2)cc1. The van der Waals surface area contributed by atoms with Gasteiger partial charge >= 0.3 is 5.76 Å². The minimum absolute atomic E-state index is 0.114. The quantitative estimate of drug-likeness (QED) is 0.610. The molecule has 0 aromatic heterocycles. The Morgan fingerprint density at radius 1 is 0.931 bits per heavy atom. The van der Waals surface area contributed by atoms with Crippen LogP contribution in [0.2, 0.25) is 0 Å². The van der Waals surface area contributed by atoms with Gasteiger partial charge in [-0.2, -0.15) is 8.78 Å². The Labute approximate surface area is 166 Å². The molecule has 0 saturated carbocycles. The van der Waals surface area contributed by atoms with Crippen LogP contribution in [0.25, 0.3) is 0 Å². The number of anilines is 1. The molecule has 1 amide bonds. The number of aryl methyl sites for hydroxylation is 1. The van der Waals surface area contributed by atoms with Gasteiger partial charge in [-0.3, -0.25) is 4.79 Å². The molecule has 0 aliphatic rings. The van der Waals surface area contributed by atoms with Crippen LogP contribution in [-0.4, -0.2) is 20.1 Å². The second kappa shape index (κ2) is 8.40. The van der Waals surface area contributed by atoms with Crippen LogP contribution in [0.1, 0.15) is 15.9 Å². The van der Waals surface area contributed by atoms with Gasteiger partial charge in [0.25, 0.3) is 5.91 Å². The van der Waals surface area contributed by atoms with Crippen molar-refractivity contribution in [3.05, 3.63) is 83.9 Å². The zero-order chi connectivity index (χ0) is 21.0. The van der Waals surface area contributed by atoms with E-state index in [4.69, 9.17) is 4.74 Å². The number of ether oxygens (including phenoxy) is 1. The van der Waals surface area contributed by atoms with Crippen molar-refractivity contribution in [1.82, 2.24) is 0 Å². The average Bonchev–Trinajstić information content (AvgIpc) is 2.71. The first kappa shape index (κ1) is 20.5. The minimum atomic E-state index is -4.71. The molecule has 8 heteroatoms. The molecule has 0 spiro atoms. The summed E-state index contributed by atoms with van der Waals surface area (Å²) in [6, 6.07) is 18.5. The zero-order valence-electron chi connectivity index (χ0n) is 15.3. The number of sulfone groups is 1. The number of amides is 1. The first-order chi connectivity index (χ1) is 13.8. The summed E-state index contributed by atoms with van der Waals surface area (Å²) in [6.45, 7) is 1.95. The third-order valence-corrected chi connectivity index (χ3v) is 5.46. The summed E-state index contributed by atoms with van der Waals surface area (Å²) >= 11 is 0. The standard InChI is InChI=1S/C21H17F2NO4S/c1-14-6-10-16(11-7-14)28-19-5-3-2-4-18(19)24-20(25)15-8-12-17(13-9-15)29(26,27)21(22)23/h2-13,21H,1H3,(H,24,25). The van der Waals surface area contributed by atoms with E-state index in [9.17, 15) is 22.0 Å². The summed E-state index contributed by atoms with van der Waals surface area (Å²) in [5, 5.41) is 2.68. The number of rotatable bonds is 6. The number of hydrogen-bond acceptors (Lipinski definition) is 4. The molecular formula is C21H17F2NO4S. The van der Waals surface area contributed by atoms with Crippen molar-refractivity contribution in [2.45, 2.75) is 17.6 Å². The molecule has 0 bridgehead atoms. The van der Waals surface area contributed by atoms with Gasteiger partial charge < -0.3 is 10.1 Å². The highest BCUT2D eigenvalue weighted by Crippen LogP contribution is 2.30. The van der Waals surface area contributed by atoms with E-state index in [2.05, 4.69) is 5.32 Å². The van der Waals surface area contributed by atoms with E-state index in [1.54, 1.807) is 36.4 Å². The van der Waals surface area contributed by atoms with Gasteiger partial charge in [-0.25, -0.2) is 8.42 Å². The van der Waals surface area contributed by atoms with Gasteiger partial charge in [0, 0.05) is 5.56 Å². The molecule has 0 heterocycles. The number of carbonyl (C=O) groups is 1. The maximum absolute atomic E-state index is 12.6. The smallest absolute Gasteiger partial charge is 0.341 e. The van der Waals surface area contributed by atoms with Gasteiger partial charge in [-0.05, 0) is 55.5 Å². The number of carbonyl (C=O) groups excluding carboxylic acids is 1. The van der Waals surface area contributed by atoms with Gasteiger partial charge in [0.15, 0.2) is 5.75 Å². The lowest BCUT2D eigenvalue weighted by molar-refractivity contribution is 0.102. The highest BCUT2D eigenvalue weighted by Gasteiger charge is 2.26. The minimum Gasteiger partial charge on any atom is -0.455 e. The number of hydrogen-bond donors (Lipinski definition) is 1. The number of halogens is 2. The normalized spacial score (nSPS) is 11.3. The molecule has 3 rings (SSSR count). The van der Waals surface area contributed by atoms with Crippen LogP contribution in [0.4, 0.5) is 14.5 Å². The van der Waals surface area contributed by atoms with Crippen LogP contribution in [-0.2, 0) is 9.84 Å². The monoisotopic (exact) mass is 417 g/mol. The Kier molecular flexibility index (Phi) is 5.93. The fraction of sp³-hybridized carbons (Fsp3) is 0.0952. The molecule has 0 fully saturated rings. The summed E-state index contributed by atoms with van der Waals surface area (Å²) in [7, 11) is -4.71. The van der Waals surface area contributed by atoms with E-state index in [0.29, 0.717) is 17.2 Å². The Morgan fingerprint density at radius 3 is 2.17 bits per heavy atom. The predicted molar refractivity (Wildman–Crippen MR) is 105 cm³/mol. The van der Waals surface area contributed by atoms with Gasteiger partial charge in [0.05, 0.1) is 10.6 Å². The van der Waals surface area contributed by atoms with E-state index in [-0.39, 0.29) is 5.56 Å². The molecule has 0 saturated heterocycles. The van der Waals surface area contributed by atoms with Crippen molar-refractivity contribution in [3.8, 4) is 11.5 Å². The van der Waals surface area contributed by atoms with Gasteiger partial charge in [-0.15, -0.1) is 0 Å². The summed E-state index contributed by atoms with van der Waals surface area (Å²) < 4.78 is 54.0. The van der Waals surface area contributed by atoms with Crippen molar-refractivity contribution in [1.29, 1.82) is 0 Å². The number of alkyl halides is 2. The lowest BCUT2D eigenvalue weighted by Crippen LogP contribution is -2.14. The molecule has 3 aromatic rings. The molecule has 5 nitrogen and oxygen atoms in total. The van der Waals surface area contributed by atoms with Crippen molar-refractivity contribution in [2.75, 3.05) is 5.32 Å². The third-order valence-electron chi connectivity index (χ3n) is 4.06. The molecule has 0 aliphatic carbocycles. The van der Waals surface area contributed by atoms with Crippen molar-refractivity contribution >= 4 is 21.4 Å². The van der Waals surface area contributed by atoms with Crippen molar-refractivity contribution < 1.29 is 26.7 Å². The topological polar surface area (TPSA) is 72.5 Å². The van der Waals surface area contributed by atoms with Crippen molar-refractivity contribution in [2.24, 2.45) is 0 Å². The van der Waals surface area contributed by atoms with E-state index in [1.807, 2.05) is 19.1 Å². The average molecular weight is 417 g/mol. The lowest BCUT2D eigenvalue weighted by Gasteiger charge is -2.12. The van der Waals surface area contributed by atoms with E-state index < -0.39 is 26.4 Å². The van der Waals surface area contributed by atoms with E-state index in [0.717, 1.165) is 17.7 Å². The molecule has 1 N–H and O–H groups in total. The number of para-hydroxylation sites is 2. The first-order valence-corrected chi connectivity index (χ1v) is 10.1. The van der Waals surface area contributed by atoms with Gasteiger partial charge in [-0.1, -0.05) is 29.8 Å². The largest absolute Gasteiger partial charge is 0.455 e. The summed E-state index contributed by atoms with van der Waals surface area (Å²) in [4.78, 5) is 11.9. The maximum atomic E-state index is 12.6. The summed E-state index contributed by atoms with van der Waals surface area (Å²) in [5.41, 5.74) is 1.60. The van der Waals surface area contributed by atoms with Crippen LogP contribution in [0, 0.1) is 6.92 Å². The van der Waals surface area contributed by atoms with Crippen LogP contribution in [0.3, 0.4) is 0 Å². The highest BCUT2D eigenvalue weighted by molar-refractivity contribution is 7.91. The van der Waals surface area contributed by atoms with Crippen LogP contribution >= 0.6 is 0 Å². The molecular weight excluding hydrogens is 400 g/mol. The van der Waals surface area contributed by atoms with Gasteiger partial charge in [0.2, 0.25) is 9.84 Å². The summed E-state index contributed by atoms with van der Waals surface area (Å²) in [5.74, 6) is -3.04. The molecule has 0 aliphatic heterocycles. The molecule has 0 radical (unpaired) electrons. The Hall–Kier alpha value is -3.26. The van der Waals surface area contributed by atoms with Gasteiger partial charge in [0.1, 0.15) is 5.75 Å². The fourth-order valence-corrected chi connectivity index (χ4v) is 3.21. The molecule has 3 aromatic carbocycles. The second-order valence-corrected chi connectivity index (χ2v) is 8.11. The molecule has 0 unspecified atom stereocenters. The molecule has 29 heavy (non-hydrogen) atoms. The highest BCUT2D eigenvalue weighted by atomic mass is 32.2. The maximum Gasteiger partial charge on any atom is 0.341 e. The predicted octanol–water partition coefficient (Wildman–Crippen LogP) is 5.04. The molecule has 0 atom stereocenters. The van der Waals surface area contributed by atoms with Crippen molar-refractivity contribution in [3.63, 3.8) is 0 Å². The molecule has 150 valence electrons. The Bertz CT molecular complexity index is 1110. The summed E-state index contributed by atoms with van der Waals surface area (Å²) in [6.07, 6.45) is 0. The lowest BCUT2D eigenvalue weighted by atomic mass is 10.2. The van der Waals surface area contributed by atoms with E-state index in [1.165, 1.54) is 12.1 Å². The number of nitrogens with one attached hydrogen (secondary N) is 1. The van der Waals surface area contributed by atoms with E-state index >= 15 is 0 Å². The zero-order valence-corrected chi connectivity index (χ0v) is 16.1.